The second kappa shape index (κ2) is 7.32. The molecule has 0 bridgehead atoms. The van der Waals surface area contributed by atoms with Crippen molar-refractivity contribution < 1.29 is 9.15 Å². The van der Waals surface area contributed by atoms with Crippen molar-refractivity contribution in [3.05, 3.63) is 66.1 Å². The number of benzene rings is 2. The fourth-order valence-electron chi connectivity index (χ4n) is 2.79. The average Bonchev–Trinajstić information content (AvgIpc) is 3.17. The number of ether oxygens (including phenoxy) is 1. The van der Waals surface area contributed by atoms with Crippen LogP contribution in [0.2, 0.25) is 0 Å². The summed E-state index contributed by atoms with van der Waals surface area (Å²) in [5.74, 6) is 1.03. The van der Waals surface area contributed by atoms with Crippen molar-refractivity contribution in [1.82, 2.24) is 10.2 Å². The van der Waals surface area contributed by atoms with Crippen LogP contribution in [0.4, 0.5) is 5.69 Å². The largest absolute Gasteiger partial charge is 0.417 e. The molecule has 0 aliphatic carbocycles. The molecule has 2 heterocycles. The van der Waals surface area contributed by atoms with Crippen LogP contribution in [-0.2, 0) is 4.74 Å². The number of hydrogen-bond donors (Lipinski definition) is 0. The molecule has 4 rings (SSSR count). The van der Waals surface area contributed by atoms with Crippen molar-refractivity contribution in [2.45, 2.75) is 0 Å². The topological polar surface area (TPSA) is 51.4 Å². The van der Waals surface area contributed by atoms with Crippen molar-refractivity contribution >= 4 is 17.8 Å². The van der Waals surface area contributed by atoms with Crippen LogP contribution in [0.25, 0.3) is 23.6 Å². The van der Waals surface area contributed by atoms with Crippen LogP contribution < -0.4 is 4.90 Å². The Bertz CT molecular complexity index is 835. The summed E-state index contributed by atoms with van der Waals surface area (Å²) in [6.07, 6.45) is 3.78. The quantitative estimate of drug-likeness (QED) is 0.728. The minimum absolute atomic E-state index is 0.496. The highest BCUT2D eigenvalue weighted by atomic mass is 16.5. The average molecular weight is 333 g/mol. The molecule has 0 radical (unpaired) electrons. The van der Waals surface area contributed by atoms with E-state index in [9.17, 15) is 0 Å². The lowest BCUT2D eigenvalue weighted by molar-refractivity contribution is 0.122. The van der Waals surface area contributed by atoms with Gasteiger partial charge in [-0.15, -0.1) is 10.2 Å². The summed E-state index contributed by atoms with van der Waals surface area (Å²) in [5.41, 5.74) is 3.21. The Morgan fingerprint density at radius 3 is 2.36 bits per heavy atom. The maximum atomic E-state index is 5.73. The number of morpholine rings is 1. The lowest BCUT2D eigenvalue weighted by atomic mass is 10.2. The summed E-state index contributed by atoms with van der Waals surface area (Å²) in [5, 5.41) is 8.23. The number of nitrogens with zero attached hydrogens (tertiary/aromatic N) is 3. The standard InChI is InChI=1S/C20H19N3O2/c1-2-4-16(5-3-1)6-11-19-21-22-20(25-19)17-7-9-18(10-8-17)23-12-14-24-15-13-23/h1-11H,12-15H2/b11-6+. The van der Waals surface area contributed by atoms with Gasteiger partial charge >= 0.3 is 0 Å². The first-order valence-electron chi connectivity index (χ1n) is 8.38. The van der Waals surface area contributed by atoms with Gasteiger partial charge in [-0.2, -0.15) is 0 Å². The fraction of sp³-hybridized carbons (Fsp3) is 0.200. The van der Waals surface area contributed by atoms with Gasteiger partial charge in [0.25, 0.3) is 0 Å². The molecule has 3 aromatic rings. The molecular formula is C20H19N3O2. The van der Waals surface area contributed by atoms with Crippen molar-refractivity contribution in [2.24, 2.45) is 0 Å². The number of aromatic nitrogens is 2. The second-order valence-corrected chi connectivity index (χ2v) is 5.84. The smallest absolute Gasteiger partial charge is 0.248 e. The van der Waals surface area contributed by atoms with E-state index in [-0.39, 0.29) is 0 Å². The van der Waals surface area contributed by atoms with Crippen molar-refractivity contribution in [3.63, 3.8) is 0 Å². The second-order valence-electron chi connectivity index (χ2n) is 5.84. The lowest BCUT2D eigenvalue weighted by Gasteiger charge is -2.28. The van der Waals surface area contributed by atoms with Gasteiger partial charge in [0.1, 0.15) is 0 Å². The van der Waals surface area contributed by atoms with Crippen LogP contribution in [0.3, 0.4) is 0 Å². The summed E-state index contributed by atoms with van der Waals surface area (Å²) < 4.78 is 11.1. The van der Waals surface area contributed by atoms with Crippen LogP contribution in [0, 0.1) is 0 Å². The molecular weight excluding hydrogens is 314 g/mol. The predicted molar refractivity (Wildman–Crippen MR) is 98.1 cm³/mol. The third-order valence-electron chi connectivity index (χ3n) is 4.15. The zero-order valence-electron chi connectivity index (χ0n) is 13.8. The van der Waals surface area contributed by atoms with Gasteiger partial charge in [0, 0.05) is 30.4 Å². The van der Waals surface area contributed by atoms with Crippen molar-refractivity contribution in [1.29, 1.82) is 0 Å². The number of rotatable bonds is 4. The van der Waals surface area contributed by atoms with Crippen molar-refractivity contribution in [3.8, 4) is 11.5 Å². The summed E-state index contributed by atoms with van der Waals surface area (Å²) in [6.45, 7) is 3.41. The Labute approximate surface area is 146 Å². The number of hydrogen-bond acceptors (Lipinski definition) is 5. The van der Waals surface area contributed by atoms with Gasteiger partial charge in [-0.3, -0.25) is 0 Å². The minimum Gasteiger partial charge on any atom is -0.417 e. The summed E-state index contributed by atoms with van der Waals surface area (Å²) in [7, 11) is 0. The molecule has 1 aliphatic heterocycles. The molecule has 1 fully saturated rings. The van der Waals surface area contributed by atoms with Crippen LogP contribution in [0.1, 0.15) is 11.5 Å². The van der Waals surface area contributed by atoms with Crippen LogP contribution in [0.5, 0.6) is 0 Å². The molecule has 1 aromatic heterocycles. The maximum absolute atomic E-state index is 5.73. The van der Waals surface area contributed by atoms with Gasteiger partial charge in [-0.25, -0.2) is 0 Å². The highest BCUT2D eigenvalue weighted by molar-refractivity contribution is 5.66. The highest BCUT2D eigenvalue weighted by Crippen LogP contribution is 2.23. The Balaban J connectivity index is 1.47. The Hall–Kier alpha value is -2.92. The highest BCUT2D eigenvalue weighted by Gasteiger charge is 2.12. The fourth-order valence-corrected chi connectivity index (χ4v) is 2.79. The Kier molecular flexibility index (Phi) is 4.57. The molecule has 0 saturated carbocycles. The third-order valence-corrected chi connectivity index (χ3v) is 4.15. The molecule has 0 atom stereocenters. The van der Waals surface area contributed by atoms with E-state index in [2.05, 4.69) is 27.2 Å². The van der Waals surface area contributed by atoms with Crippen LogP contribution in [0.15, 0.2) is 59.0 Å². The van der Waals surface area contributed by atoms with E-state index in [0.29, 0.717) is 11.8 Å². The van der Waals surface area contributed by atoms with Crippen LogP contribution in [-0.4, -0.2) is 36.5 Å². The van der Waals surface area contributed by atoms with E-state index < -0.39 is 0 Å². The molecule has 0 unspecified atom stereocenters. The van der Waals surface area contributed by atoms with Crippen molar-refractivity contribution in [2.75, 3.05) is 31.2 Å². The molecule has 0 spiro atoms. The van der Waals surface area contributed by atoms with E-state index in [1.165, 1.54) is 5.69 Å². The molecule has 5 heteroatoms. The van der Waals surface area contributed by atoms with Gasteiger partial charge < -0.3 is 14.1 Å². The maximum Gasteiger partial charge on any atom is 0.248 e. The SMILES string of the molecule is C(=C\c1nnc(-c2ccc(N3CCOCC3)cc2)o1)/c1ccccc1. The zero-order valence-corrected chi connectivity index (χ0v) is 13.8. The third kappa shape index (κ3) is 3.78. The van der Waals surface area contributed by atoms with Gasteiger partial charge in [-0.1, -0.05) is 30.3 Å². The molecule has 126 valence electrons. The van der Waals surface area contributed by atoms with E-state index >= 15 is 0 Å². The monoisotopic (exact) mass is 333 g/mol. The van der Waals surface area contributed by atoms with Gasteiger partial charge in [-0.05, 0) is 35.9 Å². The summed E-state index contributed by atoms with van der Waals surface area (Å²) >= 11 is 0. The molecule has 25 heavy (non-hydrogen) atoms. The zero-order chi connectivity index (χ0) is 16.9. The normalized spacial score (nSPS) is 15.0. The predicted octanol–water partition coefficient (Wildman–Crippen LogP) is 3.74. The first kappa shape index (κ1) is 15.6. The van der Waals surface area contributed by atoms with Gasteiger partial charge in [0.2, 0.25) is 11.8 Å². The minimum atomic E-state index is 0.496. The molecule has 1 saturated heterocycles. The molecule has 0 amide bonds. The first-order valence-corrected chi connectivity index (χ1v) is 8.38. The number of anilines is 1. The van der Waals surface area contributed by atoms with Gasteiger partial charge in [0.15, 0.2) is 0 Å². The van der Waals surface area contributed by atoms with Gasteiger partial charge in [0.05, 0.1) is 13.2 Å². The molecule has 1 aliphatic rings. The molecule has 2 aromatic carbocycles. The molecule has 0 N–H and O–H groups in total. The van der Waals surface area contributed by atoms with E-state index in [1.54, 1.807) is 0 Å². The first-order chi connectivity index (χ1) is 12.4. The van der Waals surface area contributed by atoms with E-state index in [4.69, 9.17) is 9.15 Å². The Morgan fingerprint density at radius 1 is 0.840 bits per heavy atom. The molecule has 5 nitrogen and oxygen atoms in total. The summed E-state index contributed by atoms with van der Waals surface area (Å²) in [6, 6.07) is 18.2. The lowest BCUT2D eigenvalue weighted by Crippen LogP contribution is -2.36. The van der Waals surface area contributed by atoms with E-state index in [0.717, 1.165) is 37.4 Å². The van der Waals surface area contributed by atoms with Crippen LogP contribution >= 0.6 is 0 Å². The van der Waals surface area contributed by atoms with E-state index in [1.807, 2.05) is 54.6 Å². The Morgan fingerprint density at radius 2 is 1.60 bits per heavy atom. The summed E-state index contributed by atoms with van der Waals surface area (Å²) in [4.78, 5) is 2.31.